The minimum absolute atomic E-state index is 0.0324. The Bertz CT molecular complexity index is 747. The Morgan fingerprint density at radius 3 is 2.50 bits per heavy atom. The molecule has 20 heavy (non-hydrogen) atoms. The highest BCUT2D eigenvalue weighted by molar-refractivity contribution is 5.46. The van der Waals surface area contributed by atoms with Gasteiger partial charge in [0.05, 0.1) is 12.1 Å². The van der Waals surface area contributed by atoms with Gasteiger partial charge in [0.25, 0.3) is 11.1 Å². The van der Waals surface area contributed by atoms with Gasteiger partial charge in [0, 0.05) is 17.8 Å². The number of hydrogen-bond acceptors (Lipinski definition) is 3. The van der Waals surface area contributed by atoms with Crippen molar-refractivity contribution in [3.63, 3.8) is 0 Å². The van der Waals surface area contributed by atoms with E-state index in [9.17, 15) is 22.8 Å². The third-order valence-corrected chi connectivity index (χ3v) is 2.66. The summed E-state index contributed by atoms with van der Waals surface area (Å²) in [6.07, 6.45) is -4.59. The molecule has 0 amide bonds. The molecule has 0 atom stereocenters. The highest BCUT2D eigenvalue weighted by Crippen LogP contribution is 2.33. The van der Waals surface area contributed by atoms with Crippen LogP contribution in [-0.2, 0) is 12.7 Å². The summed E-state index contributed by atoms with van der Waals surface area (Å²) in [4.78, 5) is 22.6. The average molecular weight is 285 g/mol. The van der Waals surface area contributed by atoms with Crippen LogP contribution in [0, 0.1) is 0 Å². The lowest BCUT2D eigenvalue weighted by Gasteiger charge is -2.14. The van der Waals surface area contributed by atoms with Crippen molar-refractivity contribution in [2.24, 2.45) is 0 Å². The third kappa shape index (κ3) is 2.90. The van der Waals surface area contributed by atoms with Crippen molar-refractivity contribution < 1.29 is 13.2 Å². The molecule has 0 fully saturated rings. The lowest BCUT2D eigenvalue weighted by Crippen LogP contribution is -2.29. The first kappa shape index (κ1) is 13.9. The standard InChI is InChI=1S/C12H10F3N3O2/c13-12(14,15)9-5-8(16)2-1-7(9)6-18-11(20)4-3-10(19)17-18/h1-5H,6,16H2,(H,17,19). The summed E-state index contributed by atoms with van der Waals surface area (Å²) >= 11 is 0. The van der Waals surface area contributed by atoms with Crippen LogP contribution in [0.15, 0.2) is 39.9 Å². The van der Waals surface area contributed by atoms with Crippen LogP contribution in [0.5, 0.6) is 0 Å². The summed E-state index contributed by atoms with van der Waals surface area (Å²) in [6.45, 7) is -0.399. The molecule has 0 bridgehead atoms. The number of anilines is 1. The van der Waals surface area contributed by atoms with Crippen LogP contribution >= 0.6 is 0 Å². The third-order valence-electron chi connectivity index (χ3n) is 2.66. The SMILES string of the molecule is Nc1ccc(Cn2[nH]c(=O)ccc2=O)c(C(F)(F)F)c1. The molecule has 8 heteroatoms. The van der Waals surface area contributed by atoms with E-state index in [2.05, 4.69) is 5.10 Å². The van der Waals surface area contributed by atoms with Crippen LogP contribution in [0.4, 0.5) is 18.9 Å². The molecular weight excluding hydrogens is 275 g/mol. The molecule has 0 spiro atoms. The summed E-state index contributed by atoms with van der Waals surface area (Å²) in [5.74, 6) is 0. The number of nitrogens with one attached hydrogen (secondary N) is 1. The summed E-state index contributed by atoms with van der Waals surface area (Å²) in [6, 6.07) is 5.27. The Morgan fingerprint density at radius 2 is 1.85 bits per heavy atom. The molecule has 2 aromatic rings. The Morgan fingerprint density at radius 1 is 1.15 bits per heavy atom. The van der Waals surface area contributed by atoms with Crippen molar-refractivity contribution in [2.45, 2.75) is 12.7 Å². The van der Waals surface area contributed by atoms with E-state index in [0.29, 0.717) is 0 Å². The lowest BCUT2D eigenvalue weighted by atomic mass is 10.1. The van der Waals surface area contributed by atoms with Gasteiger partial charge >= 0.3 is 6.18 Å². The van der Waals surface area contributed by atoms with Crippen molar-refractivity contribution >= 4 is 5.69 Å². The molecule has 0 aliphatic carbocycles. The number of halogens is 3. The second kappa shape index (κ2) is 4.87. The van der Waals surface area contributed by atoms with E-state index >= 15 is 0 Å². The minimum atomic E-state index is -4.59. The van der Waals surface area contributed by atoms with E-state index in [1.54, 1.807) is 0 Å². The van der Waals surface area contributed by atoms with Gasteiger partial charge in [-0.25, -0.2) is 4.68 Å². The predicted octanol–water partition coefficient (Wildman–Crippen LogP) is 1.19. The average Bonchev–Trinajstić information content (AvgIpc) is 2.34. The number of aromatic amines is 1. The Balaban J connectivity index is 2.51. The first-order valence-corrected chi connectivity index (χ1v) is 5.53. The normalized spacial score (nSPS) is 11.6. The van der Waals surface area contributed by atoms with Crippen LogP contribution in [-0.4, -0.2) is 9.78 Å². The van der Waals surface area contributed by atoms with Crippen LogP contribution in [0.1, 0.15) is 11.1 Å². The number of rotatable bonds is 2. The van der Waals surface area contributed by atoms with Gasteiger partial charge in [0.2, 0.25) is 0 Å². The number of hydrogen-bond donors (Lipinski definition) is 2. The number of H-pyrrole nitrogens is 1. The van der Waals surface area contributed by atoms with Crippen molar-refractivity contribution in [1.29, 1.82) is 0 Å². The van der Waals surface area contributed by atoms with Crippen molar-refractivity contribution in [3.8, 4) is 0 Å². The maximum atomic E-state index is 12.9. The smallest absolute Gasteiger partial charge is 0.399 e. The molecular formula is C12H10F3N3O2. The van der Waals surface area contributed by atoms with Crippen LogP contribution < -0.4 is 16.9 Å². The van der Waals surface area contributed by atoms with E-state index in [-0.39, 0.29) is 11.3 Å². The maximum Gasteiger partial charge on any atom is 0.416 e. The van der Waals surface area contributed by atoms with E-state index < -0.39 is 29.4 Å². The lowest BCUT2D eigenvalue weighted by molar-refractivity contribution is -0.138. The van der Waals surface area contributed by atoms with E-state index in [1.807, 2.05) is 0 Å². The second-order valence-electron chi connectivity index (χ2n) is 4.15. The predicted molar refractivity (Wildman–Crippen MR) is 66.3 cm³/mol. The number of benzene rings is 1. The fourth-order valence-corrected chi connectivity index (χ4v) is 1.75. The Hall–Kier alpha value is -2.51. The Kier molecular flexibility index (Phi) is 3.39. The molecule has 1 aromatic heterocycles. The first-order chi connectivity index (χ1) is 9.27. The molecule has 2 rings (SSSR count). The van der Waals surface area contributed by atoms with Gasteiger partial charge in [-0.2, -0.15) is 13.2 Å². The van der Waals surface area contributed by atoms with Gasteiger partial charge in [-0.05, 0) is 17.7 Å². The molecule has 106 valence electrons. The summed E-state index contributed by atoms with van der Waals surface area (Å²) < 4.78 is 39.5. The van der Waals surface area contributed by atoms with Crippen molar-refractivity contribution in [2.75, 3.05) is 5.73 Å². The molecule has 1 aromatic carbocycles. The quantitative estimate of drug-likeness (QED) is 0.813. The largest absolute Gasteiger partial charge is 0.416 e. The second-order valence-corrected chi connectivity index (χ2v) is 4.15. The minimum Gasteiger partial charge on any atom is -0.399 e. The van der Waals surface area contributed by atoms with Gasteiger partial charge < -0.3 is 5.73 Å². The zero-order chi connectivity index (χ0) is 14.9. The summed E-state index contributed by atoms with van der Waals surface area (Å²) in [5, 5.41) is 2.17. The maximum absolute atomic E-state index is 12.9. The number of nitrogens with zero attached hydrogens (tertiary/aromatic N) is 1. The number of aromatic nitrogens is 2. The fourth-order valence-electron chi connectivity index (χ4n) is 1.75. The number of nitrogen functional groups attached to an aromatic ring is 1. The van der Waals surface area contributed by atoms with Crippen molar-refractivity contribution in [3.05, 3.63) is 62.2 Å². The van der Waals surface area contributed by atoms with Crippen LogP contribution in [0.2, 0.25) is 0 Å². The van der Waals surface area contributed by atoms with Gasteiger partial charge in [-0.15, -0.1) is 0 Å². The van der Waals surface area contributed by atoms with Gasteiger partial charge in [-0.1, -0.05) is 6.07 Å². The molecule has 0 saturated carbocycles. The highest BCUT2D eigenvalue weighted by atomic mass is 19.4. The van der Waals surface area contributed by atoms with Gasteiger partial charge in [0.15, 0.2) is 0 Å². The summed E-state index contributed by atoms with van der Waals surface area (Å²) in [5.41, 5.74) is 3.04. The molecule has 0 radical (unpaired) electrons. The van der Waals surface area contributed by atoms with E-state index in [0.717, 1.165) is 22.9 Å². The van der Waals surface area contributed by atoms with Crippen molar-refractivity contribution in [1.82, 2.24) is 9.78 Å². The number of nitrogens with two attached hydrogens (primary N) is 1. The molecule has 0 aliphatic rings. The van der Waals surface area contributed by atoms with Crippen LogP contribution in [0.25, 0.3) is 0 Å². The molecule has 1 heterocycles. The summed E-state index contributed by atoms with van der Waals surface area (Å²) in [7, 11) is 0. The van der Waals surface area contributed by atoms with E-state index in [1.165, 1.54) is 12.1 Å². The topological polar surface area (TPSA) is 80.9 Å². The fraction of sp³-hybridized carbons (Fsp3) is 0.167. The molecule has 0 unspecified atom stereocenters. The zero-order valence-corrected chi connectivity index (χ0v) is 10.1. The van der Waals surface area contributed by atoms with Gasteiger partial charge in [0.1, 0.15) is 0 Å². The molecule has 0 saturated heterocycles. The zero-order valence-electron chi connectivity index (χ0n) is 10.1. The highest BCUT2D eigenvalue weighted by Gasteiger charge is 2.33. The molecule has 0 aliphatic heterocycles. The monoisotopic (exact) mass is 285 g/mol. The molecule has 5 nitrogen and oxygen atoms in total. The Labute approximate surface area is 110 Å². The molecule has 3 N–H and O–H groups in total. The van der Waals surface area contributed by atoms with Gasteiger partial charge in [-0.3, -0.25) is 14.7 Å². The number of alkyl halides is 3. The van der Waals surface area contributed by atoms with Crippen LogP contribution in [0.3, 0.4) is 0 Å². The first-order valence-electron chi connectivity index (χ1n) is 5.53. The van der Waals surface area contributed by atoms with E-state index in [4.69, 9.17) is 5.73 Å².